The van der Waals surface area contributed by atoms with Crippen molar-refractivity contribution < 1.29 is 0 Å². The lowest BCUT2D eigenvalue weighted by molar-refractivity contribution is 0.211. The molecule has 2 heteroatoms. The first kappa shape index (κ1) is 7.87. The number of hydrogen-bond acceptors (Lipinski definition) is 1. The van der Waals surface area contributed by atoms with E-state index in [-0.39, 0.29) is 0 Å². The van der Waals surface area contributed by atoms with Gasteiger partial charge in [0.2, 0.25) is 0 Å². The topological polar surface area (TPSA) is 19.0 Å². The molecule has 66 valence electrons. The molecule has 0 amide bonds. The fourth-order valence-electron chi connectivity index (χ4n) is 2.23. The van der Waals surface area contributed by atoms with Crippen molar-refractivity contribution in [3.63, 3.8) is 0 Å². The Morgan fingerprint density at radius 2 is 2.33 bits per heavy atom. The lowest BCUT2D eigenvalue weighted by atomic mass is 10.1. The van der Waals surface area contributed by atoms with Gasteiger partial charge < -0.3 is 4.98 Å². The van der Waals surface area contributed by atoms with Gasteiger partial charge in [0.05, 0.1) is 6.04 Å². The summed E-state index contributed by atoms with van der Waals surface area (Å²) >= 11 is 0. The number of hydrogen-bond donors (Lipinski definition) is 1. The van der Waals surface area contributed by atoms with Crippen molar-refractivity contribution in [3.05, 3.63) is 23.5 Å². The van der Waals surface area contributed by atoms with E-state index in [1.807, 2.05) is 0 Å². The number of nitrogens with zero attached hydrogens (tertiary/aromatic N) is 1. The summed E-state index contributed by atoms with van der Waals surface area (Å²) in [6.07, 6.45) is 3.24. The van der Waals surface area contributed by atoms with Crippen LogP contribution in [0.4, 0.5) is 0 Å². The molecule has 0 spiro atoms. The fourth-order valence-corrected chi connectivity index (χ4v) is 2.23. The highest BCUT2D eigenvalue weighted by molar-refractivity contribution is 5.31. The van der Waals surface area contributed by atoms with Crippen LogP contribution in [-0.2, 0) is 0 Å². The number of aromatic nitrogens is 1. The van der Waals surface area contributed by atoms with E-state index in [9.17, 15) is 0 Å². The lowest BCUT2D eigenvalue weighted by Gasteiger charge is -2.22. The van der Waals surface area contributed by atoms with E-state index in [0.717, 1.165) is 0 Å². The van der Waals surface area contributed by atoms with E-state index < -0.39 is 0 Å². The smallest absolute Gasteiger partial charge is 0.0502 e. The van der Waals surface area contributed by atoms with Crippen LogP contribution in [0, 0.1) is 0 Å². The molecule has 0 fully saturated rings. The first-order valence-corrected chi connectivity index (χ1v) is 4.64. The number of nitrogens with one attached hydrogen (secondary N) is 1. The predicted octanol–water partition coefficient (Wildman–Crippen LogP) is 2.47. The van der Waals surface area contributed by atoms with E-state index in [1.54, 1.807) is 0 Å². The molecule has 0 aromatic carbocycles. The summed E-state index contributed by atoms with van der Waals surface area (Å²) in [5, 5.41) is 0. The molecule has 0 bridgehead atoms. The van der Waals surface area contributed by atoms with Gasteiger partial charge in [0, 0.05) is 17.9 Å². The molecule has 1 aliphatic heterocycles. The van der Waals surface area contributed by atoms with Crippen LogP contribution in [0.2, 0.25) is 0 Å². The molecule has 12 heavy (non-hydrogen) atoms. The van der Waals surface area contributed by atoms with Gasteiger partial charge >= 0.3 is 0 Å². The molecule has 1 aromatic heterocycles. The van der Waals surface area contributed by atoms with E-state index >= 15 is 0 Å². The summed E-state index contributed by atoms with van der Waals surface area (Å²) in [6, 6.07) is 3.38. The van der Waals surface area contributed by atoms with Crippen molar-refractivity contribution in [2.24, 2.45) is 0 Å². The minimum absolute atomic E-state index is 0.580. The summed E-state index contributed by atoms with van der Waals surface area (Å²) in [4.78, 5) is 5.77. The highest BCUT2D eigenvalue weighted by Crippen LogP contribution is 2.40. The first-order chi connectivity index (χ1) is 5.75. The van der Waals surface area contributed by atoms with Gasteiger partial charge in [-0.1, -0.05) is 6.92 Å². The Bertz CT molecular complexity index is 277. The summed E-state index contributed by atoms with van der Waals surface area (Å²) in [5.41, 5.74) is 2.90. The molecular formula is C10H16N2. The second-order valence-electron chi connectivity index (χ2n) is 3.61. The molecule has 0 radical (unpaired) electrons. The van der Waals surface area contributed by atoms with Crippen LogP contribution in [0.15, 0.2) is 12.3 Å². The maximum absolute atomic E-state index is 3.34. The molecule has 2 rings (SSSR count). The average molecular weight is 164 g/mol. The Morgan fingerprint density at radius 3 is 3.00 bits per heavy atom. The molecule has 2 heterocycles. The SMILES string of the molecule is CCC1c2[nH]ccc2C(C)N1C. The maximum Gasteiger partial charge on any atom is 0.0502 e. The summed E-state index contributed by atoms with van der Waals surface area (Å²) in [6.45, 7) is 4.51. The van der Waals surface area contributed by atoms with Gasteiger partial charge in [0.15, 0.2) is 0 Å². The minimum Gasteiger partial charge on any atom is -0.363 e. The largest absolute Gasteiger partial charge is 0.363 e. The van der Waals surface area contributed by atoms with Gasteiger partial charge in [-0.25, -0.2) is 0 Å². The van der Waals surface area contributed by atoms with Crippen LogP contribution in [0.25, 0.3) is 0 Å². The van der Waals surface area contributed by atoms with Crippen LogP contribution >= 0.6 is 0 Å². The van der Waals surface area contributed by atoms with Crippen molar-refractivity contribution in [3.8, 4) is 0 Å². The molecule has 1 aromatic rings. The Hall–Kier alpha value is -0.760. The van der Waals surface area contributed by atoms with Crippen LogP contribution in [-0.4, -0.2) is 16.9 Å². The molecule has 2 unspecified atom stereocenters. The van der Waals surface area contributed by atoms with Gasteiger partial charge in [-0.05, 0) is 32.0 Å². The standard InChI is InChI=1S/C10H16N2/c1-4-9-10-8(5-6-11-10)7(2)12(9)3/h5-7,9,11H,4H2,1-3H3. The second-order valence-corrected chi connectivity index (χ2v) is 3.61. The Kier molecular flexibility index (Phi) is 1.72. The van der Waals surface area contributed by atoms with E-state index in [2.05, 4.69) is 43.0 Å². The predicted molar refractivity (Wildman–Crippen MR) is 50.0 cm³/mol. The molecular weight excluding hydrogens is 148 g/mol. The number of rotatable bonds is 1. The molecule has 0 saturated heterocycles. The van der Waals surface area contributed by atoms with Crippen LogP contribution < -0.4 is 0 Å². The number of fused-ring (bicyclic) bond motifs is 1. The zero-order valence-corrected chi connectivity index (χ0v) is 7.96. The van der Waals surface area contributed by atoms with Crippen LogP contribution in [0.5, 0.6) is 0 Å². The van der Waals surface area contributed by atoms with Crippen molar-refractivity contribution in [2.45, 2.75) is 32.4 Å². The molecule has 2 atom stereocenters. The maximum atomic E-state index is 3.34. The molecule has 1 aliphatic rings. The van der Waals surface area contributed by atoms with Crippen molar-refractivity contribution >= 4 is 0 Å². The van der Waals surface area contributed by atoms with Crippen LogP contribution in [0.1, 0.15) is 43.6 Å². The van der Waals surface area contributed by atoms with E-state index in [4.69, 9.17) is 0 Å². The molecule has 0 aliphatic carbocycles. The summed E-state index contributed by atoms with van der Waals surface area (Å²) < 4.78 is 0. The normalized spacial score (nSPS) is 29.2. The van der Waals surface area contributed by atoms with Crippen molar-refractivity contribution in [1.82, 2.24) is 9.88 Å². The monoisotopic (exact) mass is 164 g/mol. The Labute approximate surface area is 73.6 Å². The zero-order chi connectivity index (χ0) is 8.72. The summed E-state index contributed by atoms with van der Waals surface area (Å²) in [5.74, 6) is 0. The second kappa shape index (κ2) is 2.63. The third kappa shape index (κ3) is 0.845. The Balaban J connectivity index is 2.42. The van der Waals surface area contributed by atoms with Gasteiger partial charge in [0.25, 0.3) is 0 Å². The fraction of sp³-hybridized carbons (Fsp3) is 0.600. The average Bonchev–Trinajstić information content (AvgIpc) is 2.59. The third-order valence-corrected chi connectivity index (χ3v) is 3.09. The number of H-pyrrole nitrogens is 1. The highest BCUT2D eigenvalue weighted by atomic mass is 15.2. The Morgan fingerprint density at radius 1 is 1.58 bits per heavy atom. The van der Waals surface area contributed by atoms with Gasteiger partial charge in [0.1, 0.15) is 0 Å². The first-order valence-electron chi connectivity index (χ1n) is 4.64. The van der Waals surface area contributed by atoms with Crippen LogP contribution in [0.3, 0.4) is 0 Å². The quantitative estimate of drug-likeness (QED) is 0.675. The molecule has 2 nitrogen and oxygen atoms in total. The van der Waals surface area contributed by atoms with Gasteiger partial charge in [-0.15, -0.1) is 0 Å². The van der Waals surface area contributed by atoms with E-state index in [1.165, 1.54) is 17.7 Å². The molecule has 1 N–H and O–H groups in total. The highest BCUT2D eigenvalue weighted by Gasteiger charge is 2.32. The van der Waals surface area contributed by atoms with Gasteiger partial charge in [-0.3, -0.25) is 4.90 Å². The third-order valence-electron chi connectivity index (χ3n) is 3.09. The van der Waals surface area contributed by atoms with Crippen molar-refractivity contribution in [1.29, 1.82) is 0 Å². The van der Waals surface area contributed by atoms with Crippen molar-refractivity contribution in [2.75, 3.05) is 7.05 Å². The number of aromatic amines is 1. The summed E-state index contributed by atoms with van der Waals surface area (Å²) in [7, 11) is 2.20. The zero-order valence-electron chi connectivity index (χ0n) is 7.96. The van der Waals surface area contributed by atoms with E-state index in [0.29, 0.717) is 12.1 Å². The van der Waals surface area contributed by atoms with Gasteiger partial charge in [-0.2, -0.15) is 0 Å². The molecule has 0 saturated carbocycles. The lowest BCUT2D eigenvalue weighted by Crippen LogP contribution is -2.19. The minimum atomic E-state index is 0.580.